The van der Waals surface area contributed by atoms with Gasteiger partial charge in [-0.25, -0.2) is 4.79 Å². The summed E-state index contributed by atoms with van der Waals surface area (Å²) in [5.74, 6) is 0. The molecule has 80 valence electrons. The van der Waals surface area contributed by atoms with Gasteiger partial charge in [-0.1, -0.05) is 6.07 Å². The van der Waals surface area contributed by atoms with Gasteiger partial charge in [0.1, 0.15) is 0 Å². The molecule has 0 saturated heterocycles. The first kappa shape index (κ1) is 9.83. The molecule has 0 aromatic heterocycles. The van der Waals surface area contributed by atoms with E-state index >= 15 is 0 Å². The summed E-state index contributed by atoms with van der Waals surface area (Å²) in [6.07, 6.45) is 3.03. The number of carbonyl (C=O) groups excluding carboxylic acids is 1. The van der Waals surface area contributed by atoms with Gasteiger partial charge < -0.3 is 16.8 Å². The van der Waals surface area contributed by atoms with E-state index < -0.39 is 6.03 Å². The van der Waals surface area contributed by atoms with Crippen molar-refractivity contribution in [2.75, 3.05) is 5.73 Å². The van der Waals surface area contributed by atoms with Crippen LogP contribution in [0.25, 0.3) is 0 Å². The largest absolute Gasteiger partial charge is 0.399 e. The lowest BCUT2D eigenvalue weighted by Gasteiger charge is -2.25. The van der Waals surface area contributed by atoms with Gasteiger partial charge in [0, 0.05) is 5.69 Å². The average molecular weight is 205 g/mol. The SMILES string of the molecule is NC(=O)NC1CCCc2cc(N)ccc21. The van der Waals surface area contributed by atoms with E-state index in [1.807, 2.05) is 18.2 Å². The van der Waals surface area contributed by atoms with Crippen molar-refractivity contribution in [1.29, 1.82) is 0 Å². The first-order valence-corrected chi connectivity index (χ1v) is 5.11. The van der Waals surface area contributed by atoms with Crippen LogP contribution in [0.3, 0.4) is 0 Å². The molecular formula is C11H15N3O. The zero-order valence-electron chi connectivity index (χ0n) is 8.49. The number of carbonyl (C=O) groups is 1. The number of nitrogens with two attached hydrogens (primary N) is 2. The van der Waals surface area contributed by atoms with Gasteiger partial charge in [-0.15, -0.1) is 0 Å². The second kappa shape index (κ2) is 3.81. The third-order valence-corrected chi connectivity index (χ3v) is 2.80. The number of nitrogen functional groups attached to an aromatic ring is 1. The topological polar surface area (TPSA) is 81.1 Å². The highest BCUT2D eigenvalue weighted by Gasteiger charge is 2.20. The van der Waals surface area contributed by atoms with Crippen molar-refractivity contribution in [2.45, 2.75) is 25.3 Å². The molecule has 15 heavy (non-hydrogen) atoms. The van der Waals surface area contributed by atoms with Gasteiger partial charge in [0.05, 0.1) is 6.04 Å². The predicted molar refractivity (Wildman–Crippen MR) is 59.3 cm³/mol. The van der Waals surface area contributed by atoms with Gasteiger partial charge in [0.2, 0.25) is 0 Å². The van der Waals surface area contributed by atoms with E-state index in [-0.39, 0.29) is 6.04 Å². The van der Waals surface area contributed by atoms with Crippen LogP contribution in [0.1, 0.15) is 30.0 Å². The highest BCUT2D eigenvalue weighted by Crippen LogP contribution is 2.30. The molecule has 0 radical (unpaired) electrons. The second-order valence-corrected chi connectivity index (χ2v) is 3.91. The van der Waals surface area contributed by atoms with E-state index in [1.54, 1.807) is 0 Å². The molecule has 1 aliphatic carbocycles. The number of rotatable bonds is 1. The molecule has 0 spiro atoms. The quantitative estimate of drug-likeness (QED) is 0.604. The van der Waals surface area contributed by atoms with E-state index in [1.165, 1.54) is 5.56 Å². The van der Waals surface area contributed by atoms with Crippen molar-refractivity contribution < 1.29 is 4.79 Å². The summed E-state index contributed by atoms with van der Waals surface area (Å²) in [7, 11) is 0. The molecule has 4 nitrogen and oxygen atoms in total. The normalized spacial score (nSPS) is 19.3. The van der Waals surface area contributed by atoms with Crippen molar-refractivity contribution in [1.82, 2.24) is 5.32 Å². The molecule has 2 amide bonds. The number of fused-ring (bicyclic) bond motifs is 1. The fourth-order valence-corrected chi connectivity index (χ4v) is 2.16. The van der Waals surface area contributed by atoms with E-state index in [2.05, 4.69) is 5.32 Å². The maximum absolute atomic E-state index is 10.8. The molecule has 4 heteroatoms. The lowest BCUT2D eigenvalue weighted by Crippen LogP contribution is -2.34. The van der Waals surface area contributed by atoms with Gasteiger partial charge in [-0.05, 0) is 42.5 Å². The van der Waals surface area contributed by atoms with Crippen molar-refractivity contribution >= 4 is 11.7 Å². The summed E-state index contributed by atoms with van der Waals surface area (Å²) in [5, 5.41) is 2.76. The number of aryl methyl sites for hydroxylation is 1. The minimum atomic E-state index is -0.468. The first-order valence-electron chi connectivity index (χ1n) is 5.11. The van der Waals surface area contributed by atoms with Crippen LogP contribution < -0.4 is 16.8 Å². The average Bonchev–Trinajstić information content (AvgIpc) is 2.16. The summed E-state index contributed by atoms with van der Waals surface area (Å²) in [4.78, 5) is 10.8. The van der Waals surface area contributed by atoms with Gasteiger partial charge in [-0.2, -0.15) is 0 Å². The van der Waals surface area contributed by atoms with Gasteiger partial charge in [0.25, 0.3) is 0 Å². The van der Waals surface area contributed by atoms with Crippen LogP contribution in [-0.2, 0) is 6.42 Å². The minimum Gasteiger partial charge on any atom is -0.399 e. The van der Waals surface area contributed by atoms with Crippen molar-refractivity contribution in [3.8, 4) is 0 Å². The number of anilines is 1. The Labute approximate surface area is 88.6 Å². The van der Waals surface area contributed by atoms with Crippen LogP contribution in [0.2, 0.25) is 0 Å². The Hall–Kier alpha value is -1.71. The van der Waals surface area contributed by atoms with E-state index in [0.717, 1.165) is 30.5 Å². The first-order chi connectivity index (χ1) is 7.16. The molecule has 2 rings (SSSR count). The molecule has 5 N–H and O–H groups in total. The fourth-order valence-electron chi connectivity index (χ4n) is 2.16. The molecule has 1 aromatic rings. The lowest BCUT2D eigenvalue weighted by molar-refractivity contribution is 0.244. The van der Waals surface area contributed by atoms with Crippen molar-refractivity contribution in [2.24, 2.45) is 5.73 Å². The van der Waals surface area contributed by atoms with Gasteiger partial charge >= 0.3 is 6.03 Å². The molecule has 1 unspecified atom stereocenters. The monoisotopic (exact) mass is 205 g/mol. The standard InChI is InChI=1S/C11H15N3O/c12-8-4-5-9-7(6-8)2-1-3-10(9)14-11(13)15/h4-6,10H,1-3,12H2,(H3,13,14,15). The molecule has 0 fully saturated rings. The summed E-state index contributed by atoms with van der Waals surface area (Å²) in [6.45, 7) is 0. The highest BCUT2D eigenvalue weighted by atomic mass is 16.2. The van der Waals surface area contributed by atoms with Gasteiger partial charge in [0.15, 0.2) is 0 Å². The fraction of sp³-hybridized carbons (Fsp3) is 0.364. The molecule has 0 aliphatic heterocycles. The number of urea groups is 1. The van der Waals surface area contributed by atoms with Crippen LogP contribution in [-0.4, -0.2) is 6.03 Å². The molecule has 1 aliphatic rings. The zero-order chi connectivity index (χ0) is 10.8. The van der Waals surface area contributed by atoms with Crippen LogP contribution in [0.15, 0.2) is 18.2 Å². The lowest BCUT2D eigenvalue weighted by atomic mass is 9.87. The van der Waals surface area contributed by atoms with E-state index in [9.17, 15) is 4.79 Å². The van der Waals surface area contributed by atoms with Crippen molar-refractivity contribution in [3.05, 3.63) is 29.3 Å². The summed E-state index contributed by atoms with van der Waals surface area (Å²) < 4.78 is 0. The second-order valence-electron chi connectivity index (χ2n) is 3.91. The van der Waals surface area contributed by atoms with Crippen LogP contribution >= 0.6 is 0 Å². The summed E-state index contributed by atoms with van der Waals surface area (Å²) >= 11 is 0. The van der Waals surface area contributed by atoms with E-state index in [0.29, 0.717) is 0 Å². The molecular weight excluding hydrogens is 190 g/mol. The maximum atomic E-state index is 10.8. The molecule has 0 bridgehead atoms. The number of hydrogen-bond acceptors (Lipinski definition) is 2. The summed E-state index contributed by atoms with van der Waals surface area (Å²) in [5.41, 5.74) is 14.0. The predicted octanol–water partition coefficient (Wildman–Crippen LogP) is 1.31. The molecule has 1 atom stereocenters. The number of nitrogens with one attached hydrogen (secondary N) is 1. The summed E-state index contributed by atoms with van der Waals surface area (Å²) in [6, 6.07) is 5.39. The molecule has 0 saturated carbocycles. The zero-order valence-corrected chi connectivity index (χ0v) is 8.49. The number of primary amides is 1. The van der Waals surface area contributed by atoms with Crippen LogP contribution in [0.4, 0.5) is 10.5 Å². The molecule has 0 heterocycles. The van der Waals surface area contributed by atoms with Crippen LogP contribution in [0, 0.1) is 0 Å². The third-order valence-electron chi connectivity index (χ3n) is 2.80. The maximum Gasteiger partial charge on any atom is 0.312 e. The Kier molecular flexibility index (Phi) is 2.49. The number of amides is 2. The minimum absolute atomic E-state index is 0.0480. The number of benzene rings is 1. The molecule has 1 aromatic carbocycles. The van der Waals surface area contributed by atoms with E-state index in [4.69, 9.17) is 11.5 Å². The smallest absolute Gasteiger partial charge is 0.312 e. The third kappa shape index (κ3) is 2.03. The van der Waals surface area contributed by atoms with Crippen molar-refractivity contribution in [3.63, 3.8) is 0 Å². The Balaban J connectivity index is 2.30. The van der Waals surface area contributed by atoms with Gasteiger partial charge in [-0.3, -0.25) is 0 Å². The highest BCUT2D eigenvalue weighted by molar-refractivity contribution is 5.72. The number of hydrogen-bond donors (Lipinski definition) is 3. The Morgan fingerprint density at radius 2 is 2.27 bits per heavy atom. The van der Waals surface area contributed by atoms with Crippen LogP contribution in [0.5, 0.6) is 0 Å². The Morgan fingerprint density at radius 1 is 1.47 bits per heavy atom. The Morgan fingerprint density at radius 3 is 3.00 bits per heavy atom. The Bertz CT molecular complexity index is 389.